The van der Waals surface area contributed by atoms with E-state index in [1.165, 1.54) is 18.6 Å². The Morgan fingerprint density at radius 2 is 2.32 bits per heavy atom. The number of hydrogen-bond acceptors (Lipinski definition) is 2. The van der Waals surface area contributed by atoms with Gasteiger partial charge in [-0.1, -0.05) is 17.7 Å². The number of benzene rings is 1. The molecular formula is C14H16Cl2N2S. The van der Waals surface area contributed by atoms with Crippen LogP contribution in [0.4, 0.5) is 0 Å². The molecule has 1 unspecified atom stereocenters. The van der Waals surface area contributed by atoms with E-state index in [-0.39, 0.29) is 4.75 Å². The largest absolute Gasteiger partial charge is 0.326 e. The van der Waals surface area contributed by atoms with Crippen molar-refractivity contribution in [3.05, 3.63) is 29.0 Å². The summed E-state index contributed by atoms with van der Waals surface area (Å²) in [5.74, 6) is 2.59. The second kappa shape index (κ2) is 5.19. The summed E-state index contributed by atoms with van der Waals surface area (Å²) in [5, 5.41) is 0.701. The number of para-hydroxylation sites is 1. The van der Waals surface area contributed by atoms with E-state index in [0.29, 0.717) is 10.9 Å². The Balaban J connectivity index is 2.08. The van der Waals surface area contributed by atoms with Crippen LogP contribution in [0.5, 0.6) is 0 Å². The van der Waals surface area contributed by atoms with Crippen molar-refractivity contribution in [2.45, 2.75) is 36.9 Å². The van der Waals surface area contributed by atoms with Crippen LogP contribution < -0.4 is 0 Å². The van der Waals surface area contributed by atoms with E-state index in [0.717, 1.165) is 23.4 Å². The van der Waals surface area contributed by atoms with Gasteiger partial charge in [0.2, 0.25) is 0 Å². The first-order valence-electron chi connectivity index (χ1n) is 6.46. The molecule has 2 heterocycles. The highest BCUT2D eigenvalue weighted by atomic mass is 35.5. The van der Waals surface area contributed by atoms with Gasteiger partial charge in [-0.15, -0.1) is 11.6 Å². The van der Waals surface area contributed by atoms with Crippen molar-refractivity contribution in [3.63, 3.8) is 0 Å². The SMILES string of the molecule is CC1(Cn2c(CCl)nc3c(Cl)cccc32)CCCS1. The van der Waals surface area contributed by atoms with E-state index in [4.69, 9.17) is 23.2 Å². The highest BCUT2D eigenvalue weighted by molar-refractivity contribution is 8.00. The lowest BCUT2D eigenvalue weighted by Crippen LogP contribution is -2.24. The van der Waals surface area contributed by atoms with Gasteiger partial charge in [-0.2, -0.15) is 11.8 Å². The summed E-state index contributed by atoms with van der Waals surface area (Å²) in [4.78, 5) is 4.59. The molecule has 0 N–H and O–H groups in total. The zero-order valence-electron chi connectivity index (χ0n) is 10.8. The number of fused-ring (bicyclic) bond motifs is 1. The average molecular weight is 315 g/mol. The van der Waals surface area contributed by atoms with Crippen molar-refractivity contribution in [3.8, 4) is 0 Å². The molecule has 5 heteroatoms. The van der Waals surface area contributed by atoms with Crippen LogP contribution in [0.25, 0.3) is 11.0 Å². The minimum Gasteiger partial charge on any atom is -0.326 e. The molecule has 0 spiro atoms. The van der Waals surface area contributed by atoms with Crippen molar-refractivity contribution in [1.82, 2.24) is 9.55 Å². The standard InChI is InChI=1S/C14H16Cl2N2S/c1-14(6-3-7-19-14)9-18-11-5-2-4-10(16)13(11)17-12(18)8-15/h2,4-5H,3,6-9H2,1H3. The number of thioether (sulfide) groups is 1. The first-order valence-corrected chi connectivity index (χ1v) is 8.36. The lowest BCUT2D eigenvalue weighted by molar-refractivity contribution is 0.510. The molecule has 1 atom stereocenters. The van der Waals surface area contributed by atoms with Crippen LogP contribution in [0, 0.1) is 0 Å². The summed E-state index contributed by atoms with van der Waals surface area (Å²) in [5.41, 5.74) is 1.96. The summed E-state index contributed by atoms with van der Waals surface area (Å²) in [6, 6.07) is 5.93. The highest BCUT2D eigenvalue weighted by Gasteiger charge is 2.31. The van der Waals surface area contributed by atoms with Gasteiger partial charge in [-0.25, -0.2) is 4.98 Å². The molecule has 102 valence electrons. The lowest BCUT2D eigenvalue weighted by atomic mass is 10.1. The van der Waals surface area contributed by atoms with Gasteiger partial charge in [0.25, 0.3) is 0 Å². The van der Waals surface area contributed by atoms with Crippen LogP contribution in [-0.4, -0.2) is 20.1 Å². The predicted octanol–water partition coefficient (Wildman–Crippen LogP) is 4.71. The minimum absolute atomic E-state index is 0.288. The molecule has 0 bridgehead atoms. The number of nitrogens with zero attached hydrogens (tertiary/aromatic N) is 2. The molecule has 1 saturated heterocycles. The third-order valence-electron chi connectivity index (χ3n) is 3.72. The lowest BCUT2D eigenvalue weighted by Gasteiger charge is -2.24. The van der Waals surface area contributed by atoms with Crippen LogP contribution in [0.2, 0.25) is 5.02 Å². The van der Waals surface area contributed by atoms with Gasteiger partial charge in [0, 0.05) is 11.3 Å². The molecule has 19 heavy (non-hydrogen) atoms. The van der Waals surface area contributed by atoms with Gasteiger partial charge < -0.3 is 4.57 Å². The fraction of sp³-hybridized carbons (Fsp3) is 0.500. The van der Waals surface area contributed by atoms with E-state index in [1.807, 2.05) is 12.1 Å². The van der Waals surface area contributed by atoms with Crippen LogP contribution >= 0.6 is 35.0 Å². The molecule has 0 radical (unpaired) electrons. The van der Waals surface area contributed by atoms with Gasteiger partial charge >= 0.3 is 0 Å². The Hall–Kier alpha value is -0.380. The van der Waals surface area contributed by atoms with Gasteiger partial charge in [-0.3, -0.25) is 0 Å². The third kappa shape index (κ3) is 2.48. The summed E-state index contributed by atoms with van der Waals surface area (Å²) in [6.45, 7) is 3.29. The summed E-state index contributed by atoms with van der Waals surface area (Å²) < 4.78 is 2.53. The molecule has 1 aromatic heterocycles. The fourth-order valence-corrected chi connectivity index (χ4v) is 4.44. The number of hydrogen-bond donors (Lipinski definition) is 0. The number of alkyl halides is 1. The second-order valence-electron chi connectivity index (χ2n) is 5.26. The molecule has 0 amide bonds. The molecular weight excluding hydrogens is 299 g/mol. The topological polar surface area (TPSA) is 17.8 Å². The maximum Gasteiger partial charge on any atom is 0.124 e. The van der Waals surface area contributed by atoms with E-state index in [9.17, 15) is 0 Å². The molecule has 3 rings (SSSR count). The number of rotatable bonds is 3. The van der Waals surface area contributed by atoms with Gasteiger partial charge in [-0.05, 0) is 37.7 Å². The Morgan fingerprint density at radius 1 is 1.47 bits per heavy atom. The third-order valence-corrected chi connectivity index (χ3v) is 5.79. The molecule has 0 aliphatic carbocycles. The van der Waals surface area contributed by atoms with Crippen LogP contribution in [0.15, 0.2) is 18.2 Å². The van der Waals surface area contributed by atoms with E-state index < -0.39 is 0 Å². The minimum atomic E-state index is 0.288. The van der Waals surface area contributed by atoms with Crippen LogP contribution in [-0.2, 0) is 12.4 Å². The fourth-order valence-electron chi connectivity index (χ4n) is 2.74. The van der Waals surface area contributed by atoms with E-state index in [1.54, 1.807) is 0 Å². The second-order valence-corrected chi connectivity index (χ2v) is 7.61. The van der Waals surface area contributed by atoms with Crippen LogP contribution in [0.3, 0.4) is 0 Å². The predicted molar refractivity (Wildman–Crippen MR) is 84.4 cm³/mol. The smallest absolute Gasteiger partial charge is 0.124 e. The summed E-state index contributed by atoms with van der Waals surface area (Å²) in [7, 11) is 0. The Bertz CT molecular complexity index is 603. The quantitative estimate of drug-likeness (QED) is 0.763. The van der Waals surface area contributed by atoms with Gasteiger partial charge in [0.1, 0.15) is 11.3 Å². The van der Waals surface area contributed by atoms with Crippen molar-refractivity contribution >= 4 is 46.0 Å². The zero-order valence-corrected chi connectivity index (χ0v) is 13.2. The van der Waals surface area contributed by atoms with Crippen molar-refractivity contribution in [2.75, 3.05) is 5.75 Å². The Morgan fingerprint density at radius 3 is 3.00 bits per heavy atom. The molecule has 1 fully saturated rings. The summed E-state index contributed by atoms with van der Waals surface area (Å²) >= 11 is 14.3. The first kappa shape index (κ1) is 13.6. The number of imidazole rings is 1. The molecule has 0 saturated carbocycles. The highest BCUT2D eigenvalue weighted by Crippen LogP contribution is 2.40. The normalized spacial score (nSPS) is 23.3. The van der Waals surface area contributed by atoms with Crippen molar-refractivity contribution < 1.29 is 0 Å². The van der Waals surface area contributed by atoms with Crippen LogP contribution in [0.1, 0.15) is 25.6 Å². The maximum atomic E-state index is 6.23. The maximum absolute atomic E-state index is 6.23. The molecule has 2 aromatic rings. The number of aromatic nitrogens is 2. The van der Waals surface area contributed by atoms with E-state index in [2.05, 4.69) is 34.3 Å². The first-order chi connectivity index (χ1) is 9.13. The van der Waals surface area contributed by atoms with Gasteiger partial charge in [0.15, 0.2) is 0 Å². The molecule has 2 nitrogen and oxygen atoms in total. The Labute approximate surface area is 127 Å². The van der Waals surface area contributed by atoms with E-state index >= 15 is 0 Å². The Kier molecular flexibility index (Phi) is 3.71. The molecule has 1 aliphatic rings. The van der Waals surface area contributed by atoms with Crippen molar-refractivity contribution in [1.29, 1.82) is 0 Å². The molecule has 1 aliphatic heterocycles. The van der Waals surface area contributed by atoms with Crippen molar-refractivity contribution in [2.24, 2.45) is 0 Å². The van der Waals surface area contributed by atoms with Gasteiger partial charge in [0.05, 0.1) is 16.4 Å². The monoisotopic (exact) mass is 314 g/mol. The molecule has 1 aromatic carbocycles. The summed E-state index contributed by atoms with van der Waals surface area (Å²) in [6.07, 6.45) is 2.55. The zero-order chi connectivity index (χ0) is 13.5. The number of halogens is 2. The average Bonchev–Trinajstić information content (AvgIpc) is 2.96.